The summed E-state index contributed by atoms with van der Waals surface area (Å²) in [5, 5.41) is 3.22. The number of carbonyl (C=O) groups is 1. The zero-order valence-corrected chi connectivity index (χ0v) is 13.6. The molecule has 22 heavy (non-hydrogen) atoms. The summed E-state index contributed by atoms with van der Waals surface area (Å²) in [6.07, 6.45) is 0.923. The molecule has 0 heterocycles. The molecule has 122 valence electrons. The van der Waals surface area contributed by atoms with E-state index in [0.717, 1.165) is 5.56 Å². The van der Waals surface area contributed by atoms with Gasteiger partial charge in [-0.2, -0.15) is 8.42 Å². The molecule has 2 N–H and O–H groups in total. The van der Waals surface area contributed by atoms with Crippen molar-refractivity contribution in [2.45, 2.75) is 38.8 Å². The monoisotopic (exact) mass is 327 g/mol. The van der Waals surface area contributed by atoms with Gasteiger partial charge in [0.1, 0.15) is 5.60 Å². The molecule has 0 unspecified atom stereocenters. The Labute approximate surface area is 130 Å². The summed E-state index contributed by atoms with van der Waals surface area (Å²) in [5.41, 5.74) is 0.247. The first kappa shape index (κ1) is 18.2. The van der Waals surface area contributed by atoms with E-state index in [-0.39, 0.29) is 0 Å². The van der Waals surface area contributed by atoms with Crippen LogP contribution in [0, 0.1) is 0 Å². The smallest absolute Gasteiger partial charge is 0.408 e. The summed E-state index contributed by atoms with van der Waals surface area (Å²) in [5.74, 6) is 0. The van der Waals surface area contributed by atoms with Crippen molar-refractivity contribution in [1.29, 1.82) is 0 Å². The molecule has 7 heteroatoms. The third-order valence-corrected chi connectivity index (χ3v) is 2.98. The predicted octanol–water partition coefficient (Wildman–Crippen LogP) is 2.52. The van der Waals surface area contributed by atoms with Gasteiger partial charge in [0.15, 0.2) is 0 Å². The molecule has 1 aromatic rings. The van der Waals surface area contributed by atoms with Crippen LogP contribution in [0.1, 0.15) is 26.3 Å². The summed E-state index contributed by atoms with van der Waals surface area (Å²) in [6.45, 7) is 5.19. The Bertz CT molecular complexity index is 617. The van der Waals surface area contributed by atoms with Crippen molar-refractivity contribution in [1.82, 2.24) is 5.32 Å². The number of rotatable bonds is 5. The van der Waals surface area contributed by atoms with E-state index in [1.807, 2.05) is 30.3 Å². The summed E-state index contributed by atoms with van der Waals surface area (Å²) in [4.78, 5) is 11.8. The number of alkyl carbamates (subject to hydrolysis) is 1. The van der Waals surface area contributed by atoms with Gasteiger partial charge in [0.2, 0.25) is 0 Å². The average molecular weight is 327 g/mol. The van der Waals surface area contributed by atoms with Crippen LogP contribution in [0.15, 0.2) is 41.8 Å². The van der Waals surface area contributed by atoms with Crippen LogP contribution in [0.25, 0.3) is 0 Å². The molecule has 1 aromatic carbocycles. The predicted molar refractivity (Wildman–Crippen MR) is 84.0 cm³/mol. The van der Waals surface area contributed by atoms with Gasteiger partial charge in [-0.25, -0.2) is 4.79 Å². The minimum absolute atomic E-state index is 0.367. The highest BCUT2D eigenvalue weighted by Crippen LogP contribution is 2.09. The van der Waals surface area contributed by atoms with E-state index in [1.54, 1.807) is 20.8 Å². The van der Waals surface area contributed by atoms with Gasteiger partial charge in [-0.3, -0.25) is 4.55 Å². The Kier molecular flexibility index (Phi) is 6.13. The van der Waals surface area contributed by atoms with Crippen LogP contribution in [0.2, 0.25) is 0 Å². The van der Waals surface area contributed by atoms with Crippen LogP contribution < -0.4 is 5.32 Å². The molecule has 0 saturated heterocycles. The van der Waals surface area contributed by atoms with Gasteiger partial charge in [-0.15, -0.1) is 0 Å². The highest BCUT2D eigenvalue weighted by molar-refractivity contribution is 7.88. The number of carbonyl (C=O) groups excluding carboxylic acids is 1. The van der Waals surface area contributed by atoms with E-state index in [4.69, 9.17) is 9.29 Å². The first-order valence-corrected chi connectivity index (χ1v) is 8.25. The van der Waals surface area contributed by atoms with E-state index >= 15 is 0 Å². The van der Waals surface area contributed by atoms with Crippen LogP contribution in [0.5, 0.6) is 0 Å². The molecule has 0 aliphatic carbocycles. The molecule has 0 radical (unpaired) electrons. The highest BCUT2D eigenvalue weighted by Gasteiger charge is 2.19. The van der Waals surface area contributed by atoms with Gasteiger partial charge in [-0.05, 0) is 38.8 Å². The minimum atomic E-state index is -4.26. The topological polar surface area (TPSA) is 92.7 Å². The normalized spacial score (nSPS) is 13.8. The lowest BCUT2D eigenvalue weighted by molar-refractivity contribution is 0.0514. The zero-order chi connectivity index (χ0) is 16.8. The van der Waals surface area contributed by atoms with Crippen molar-refractivity contribution in [2.24, 2.45) is 0 Å². The van der Waals surface area contributed by atoms with Crippen LogP contribution in [0.3, 0.4) is 0 Å². The Morgan fingerprint density at radius 3 is 2.41 bits per heavy atom. The minimum Gasteiger partial charge on any atom is -0.444 e. The number of hydrogen-bond donors (Lipinski definition) is 2. The second-order valence-corrected chi connectivity index (χ2v) is 7.09. The summed E-state index contributed by atoms with van der Waals surface area (Å²) < 4.78 is 35.6. The number of nitrogens with one attached hydrogen (secondary N) is 1. The number of benzene rings is 1. The van der Waals surface area contributed by atoms with Crippen LogP contribution in [-0.2, 0) is 21.3 Å². The fraction of sp³-hybridized carbons (Fsp3) is 0.400. The largest absolute Gasteiger partial charge is 0.444 e. The van der Waals surface area contributed by atoms with Crippen LogP contribution in [0.4, 0.5) is 4.79 Å². The van der Waals surface area contributed by atoms with Gasteiger partial charge in [0.25, 0.3) is 10.1 Å². The van der Waals surface area contributed by atoms with Gasteiger partial charge < -0.3 is 10.1 Å². The Balaban J connectivity index is 2.82. The van der Waals surface area contributed by atoms with Gasteiger partial charge in [0.05, 0.1) is 11.4 Å². The molecule has 1 rings (SSSR count). The standard InChI is InChI=1S/C15H21NO5S/c1-15(2,3)21-14(17)16-13(9-10-22(18,19)20)11-12-7-5-4-6-8-12/h4-10,13H,11H2,1-3H3,(H,16,17)(H,18,19,20)/b10-9+/t13-/m0/s1. The fourth-order valence-corrected chi connectivity index (χ4v) is 2.08. The summed E-state index contributed by atoms with van der Waals surface area (Å²) in [7, 11) is -4.26. The molecule has 0 aliphatic heterocycles. The van der Waals surface area contributed by atoms with Crippen molar-refractivity contribution in [2.75, 3.05) is 0 Å². The lowest BCUT2D eigenvalue weighted by Crippen LogP contribution is -2.39. The van der Waals surface area contributed by atoms with Gasteiger partial charge in [0, 0.05) is 0 Å². The molecule has 0 aromatic heterocycles. The molecule has 0 bridgehead atoms. The van der Waals surface area contributed by atoms with Crippen molar-refractivity contribution in [3.63, 3.8) is 0 Å². The van der Waals surface area contributed by atoms with E-state index in [9.17, 15) is 13.2 Å². The first-order chi connectivity index (χ1) is 10.1. The van der Waals surface area contributed by atoms with Crippen LogP contribution >= 0.6 is 0 Å². The first-order valence-electron chi connectivity index (χ1n) is 6.74. The lowest BCUT2D eigenvalue weighted by atomic mass is 10.1. The van der Waals surface area contributed by atoms with Crippen molar-refractivity contribution < 1.29 is 22.5 Å². The lowest BCUT2D eigenvalue weighted by Gasteiger charge is -2.22. The van der Waals surface area contributed by atoms with Gasteiger partial charge in [-0.1, -0.05) is 30.3 Å². The van der Waals surface area contributed by atoms with E-state index < -0.39 is 27.9 Å². The maximum absolute atomic E-state index is 11.8. The second kappa shape index (κ2) is 7.42. The molecule has 1 atom stereocenters. The number of hydrogen-bond acceptors (Lipinski definition) is 4. The third kappa shape index (κ3) is 8.43. The molecule has 0 aliphatic rings. The fourth-order valence-electron chi connectivity index (χ4n) is 1.69. The molecule has 0 fully saturated rings. The quantitative estimate of drug-likeness (QED) is 0.811. The summed E-state index contributed by atoms with van der Waals surface area (Å²) in [6, 6.07) is 8.61. The SMILES string of the molecule is CC(C)(C)OC(=O)N[C@@H](/C=C/S(=O)(=O)O)Cc1ccccc1. The van der Waals surface area contributed by atoms with Crippen molar-refractivity contribution in [3.8, 4) is 0 Å². The highest BCUT2D eigenvalue weighted by atomic mass is 32.2. The average Bonchev–Trinajstić information content (AvgIpc) is 2.34. The van der Waals surface area contributed by atoms with E-state index in [0.29, 0.717) is 11.8 Å². The Morgan fingerprint density at radius 2 is 1.91 bits per heavy atom. The molecule has 0 saturated carbocycles. The maximum Gasteiger partial charge on any atom is 0.408 e. The molecule has 0 spiro atoms. The zero-order valence-electron chi connectivity index (χ0n) is 12.8. The maximum atomic E-state index is 11.8. The summed E-state index contributed by atoms with van der Waals surface area (Å²) >= 11 is 0. The Morgan fingerprint density at radius 1 is 1.32 bits per heavy atom. The number of amides is 1. The Hall–Kier alpha value is -1.86. The van der Waals surface area contributed by atoms with Crippen molar-refractivity contribution >= 4 is 16.2 Å². The van der Waals surface area contributed by atoms with Gasteiger partial charge >= 0.3 is 6.09 Å². The molecular formula is C15H21NO5S. The molecule has 6 nitrogen and oxygen atoms in total. The number of ether oxygens (including phenoxy) is 1. The third-order valence-electron chi connectivity index (χ3n) is 2.48. The second-order valence-electron chi connectivity index (χ2n) is 5.79. The van der Waals surface area contributed by atoms with Crippen molar-refractivity contribution in [3.05, 3.63) is 47.4 Å². The van der Waals surface area contributed by atoms with Crippen LogP contribution in [-0.4, -0.2) is 30.7 Å². The van der Waals surface area contributed by atoms with E-state index in [2.05, 4.69) is 5.32 Å². The molecular weight excluding hydrogens is 306 g/mol. The molecule has 1 amide bonds. The van der Waals surface area contributed by atoms with E-state index in [1.165, 1.54) is 6.08 Å².